The standard InChI is InChI=1S/C38H24N2O2/c1-23-30(21-20-29-37(41)28-15-7-10-18-34(28)42-38(23)29)40-31-16-8-5-13-25(31)26-19-22-33-35(36(26)40)27-14-6-9-17-32(27)39(33)24-11-3-2-4-12-24/h2-22H,1H3. The van der Waals surface area contributed by atoms with E-state index in [-0.39, 0.29) is 5.43 Å². The van der Waals surface area contributed by atoms with Gasteiger partial charge in [-0.25, -0.2) is 0 Å². The van der Waals surface area contributed by atoms with Crippen LogP contribution in [0.2, 0.25) is 0 Å². The molecule has 0 saturated carbocycles. The predicted octanol–water partition coefficient (Wildman–Crippen LogP) is 9.45. The first kappa shape index (κ1) is 23.1. The van der Waals surface area contributed by atoms with E-state index in [1.165, 1.54) is 21.5 Å². The number of para-hydroxylation sites is 4. The molecule has 0 amide bonds. The van der Waals surface area contributed by atoms with E-state index >= 15 is 0 Å². The van der Waals surface area contributed by atoms with E-state index in [0.29, 0.717) is 21.9 Å². The number of hydrogen-bond acceptors (Lipinski definition) is 2. The van der Waals surface area contributed by atoms with Crippen molar-refractivity contribution in [3.8, 4) is 11.4 Å². The Hall–Kier alpha value is -5.61. The predicted molar refractivity (Wildman–Crippen MR) is 173 cm³/mol. The maximum atomic E-state index is 13.5. The van der Waals surface area contributed by atoms with Gasteiger partial charge in [0.05, 0.1) is 38.5 Å². The molecular formula is C38H24N2O2. The van der Waals surface area contributed by atoms with Crippen LogP contribution < -0.4 is 5.43 Å². The van der Waals surface area contributed by atoms with Crippen LogP contribution in [0, 0.1) is 6.92 Å². The topological polar surface area (TPSA) is 40.1 Å². The Labute approximate surface area is 240 Å². The SMILES string of the molecule is Cc1c(-n2c3ccccc3c3ccc4c(c5ccccc5n4-c4ccccc4)c32)ccc2c(=O)c3ccccc3oc12. The third kappa shape index (κ3) is 2.98. The summed E-state index contributed by atoms with van der Waals surface area (Å²) in [6, 6.07) is 43.7. The molecule has 3 heterocycles. The Balaban J connectivity index is 1.49. The molecule has 3 aromatic heterocycles. The zero-order valence-corrected chi connectivity index (χ0v) is 22.8. The summed E-state index contributed by atoms with van der Waals surface area (Å²) in [5, 5.41) is 5.97. The van der Waals surface area contributed by atoms with Crippen LogP contribution in [0.25, 0.3) is 76.9 Å². The van der Waals surface area contributed by atoms with Gasteiger partial charge in [-0.3, -0.25) is 4.79 Å². The molecule has 0 unspecified atom stereocenters. The summed E-state index contributed by atoms with van der Waals surface area (Å²) in [5.74, 6) is 0. The highest BCUT2D eigenvalue weighted by atomic mass is 16.3. The van der Waals surface area contributed by atoms with Crippen molar-refractivity contribution >= 4 is 65.6 Å². The second-order valence-corrected chi connectivity index (χ2v) is 10.9. The Morgan fingerprint density at radius 3 is 1.98 bits per heavy atom. The molecule has 0 spiro atoms. The molecule has 0 radical (unpaired) electrons. The number of benzene rings is 6. The molecule has 6 aromatic carbocycles. The number of aryl methyl sites for hydroxylation is 1. The lowest BCUT2D eigenvalue weighted by atomic mass is 10.1. The molecule has 0 aliphatic rings. The van der Waals surface area contributed by atoms with Crippen LogP contribution >= 0.6 is 0 Å². The van der Waals surface area contributed by atoms with Crippen molar-refractivity contribution in [3.05, 3.63) is 143 Å². The number of hydrogen-bond donors (Lipinski definition) is 0. The van der Waals surface area contributed by atoms with E-state index < -0.39 is 0 Å². The second kappa shape index (κ2) is 8.45. The van der Waals surface area contributed by atoms with Crippen molar-refractivity contribution in [1.29, 1.82) is 0 Å². The maximum absolute atomic E-state index is 13.5. The van der Waals surface area contributed by atoms with Crippen molar-refractivity contribution in [2.45, 2.75) is 6.92 Å². The van der Waals surface area contributed by atoms with Gasteiger partial charge < -0.3 is 13.6 Å². The fraction of sp³-hybridized carbons (Fsp3) is 0.0263. The van der Waals surface area contributed by atoms with E-state index in [9.17, 15) is 4.79 Å². The molecule has 0 atom stereocenters. The molecular weight excluding hydrogens is 516 g/mol. The monoisotopic (exact) mass is 540 g/mol. The molecule has 0 N–H and O–H groups in total. The minimum atomic E-state index is -0.00274. The van der Waals surface area contributed by atoms with Crippen LogP contribution in [0.1, 0.15) is 5.56 Å². The first-order valence-electron chi connectivity index (χ1n) is 14.2. The second-order valence-electron chi connectivity index (χ2n) is 10.9. The van der Waals surface area contributed by atoms with Crippen LogP contribution in [0.4, 0.5) is 0 Å². The summed E-state index contributed by atoms with van der Waals surface area (Å²) in [5.41, 5.74) is 8.85. The first-order valence-corrected chi connectivity index (χ1v) is 14.2. The third-order valence-electron chi connectivity index (χ3n) is 8.69. The lowest BCUT2D eigenvalue weighted by Gasteiger charge is -2.14. The van der Waals surface area contributed by atoms with Gasteiger partial charge in [0.25, 0.3) is 0 Å². The quantitative estimate of drug-likeness (QED) is 0.205. The zero-order valence-electron chi connectivity index (χ0n) is 22.8. The highest BCUT2D eigenvalue weighted by molar-refractivity contribution is 6.26. The van der Waals surface area contributed by atoms with Crippen molar-refractivity contribution in [2.24, 2.45) is 0 Å². The van der Waals surface area contributed by atoms with Gasteiger partial charge in [0.15, 0.2) is 0 Å². The summed E-state index contributed by atoms with van der Waals surface area (Å²) in [4.78, 5) is 13.5. The van der Waals surface area contributed by atoms with E-state index in [0.717, 1.165) is 39.0 Å². The minimum Gasteiger partial charge on any atom is -0.455 e. The normalized spacial score (nSPS) is 12.0. The van der Waals surface area contributed by atoms with Gasteiger partial charge in [0.1, 0.15) is 11.2 Å². The van der Waals surface area contributed by atoms with E-state index in [2.05, 4.69) is 113 Å². The van der Waals surface area contributed by atoms with Crippen LogP contribution in [0.15, 0.2) is 137 Å². The molecule has 4 nitrogen and oxygen atoms in total. The van der Waals surface area contributed by atoms with Gasteiger partial charge in [-0.1, -0.05) is 72.8 Å². The van der Waals surface area contributed by atoms with Crippen molar-refractivity contribution in [3.63, 3.8) is 0 Å². The number of fused-ring (bicyclic) bond motifs is 9. The van der Waals surface area contributed by atoms with Crippen molar-refractivity contribution < 1.29 is 4.42 Å². The molecule has 9 rings (SSSR count). The Morgan fingerprint density at radius 2 is 1.17 bits per heavy atom. The minimum absolute atomic E-state index is 0.00274. The highest BCUT2D eigenvalue weighted by Gasteiger charge is 2.22. The fourth-order valence-corrected chi connectivity index (χ4v) is 6.85. The molecule has 4 heteroatoms. The summed E-state index contributed by atoms with van der Waals surface area (Å²) >= 11 is 0. The molecule has 42 heavy (non-hydrogen) atoms. The fourth-order valence-electron chi connectivity index (χ4n) is 6.85. The highest BCUT2D eigenvalue weighted by Crippen LogP contribution is 2.42. The Kier molecular flexibility index (Phi) is 4.65. The smallest absolute Gasteiger partial charge is 0.200 e. The summed E-state index contributed by atoms with van der Waals surface area (Å²) in [6.07, 6.45) is 0. The Bertz CT molecular complexity index is 2600. The summed E-state index contributed by atoms with van der Waals surface area (Å²) in [6.45, 7) is 2.06. The lowest BCUT2D eigenvalue weighted by molar-refractivity contribution is 0.656. The average molecular weight is 541 g/mol. The third-order valence-corrected chi connectivity index (χ3v) is 8.69. The largest absolute Gasteiger partial charge is 0.455 e. The van der Waals surface area contributed by atoms with E-state index in [1.54, 1.807) is 0 Å². The molecule has 0 saturated heterocycles. The van der Waals surface area contributed by atoms with Crippen molar-refractivity contribution in [2.75, 3.05) is 0 Å². The van der Waals surface area contributed by atoms with Crippen LogP contribution in [-0.2, 0) is 0 Å². The van der Waals surface area contributed by atoms with Gasteiger partial charge in [0.2, 0.25) is 5.43 Å². The molecule has 198 valence electrons. The van der Waals surface area contributed by atoms with Gasteiger partial charge >= 0.3 is 0 Å². The number of nitrogens with zero attached hydrogens (tertiary/aromatic N) is 2. The van der Waals surface area contributed by atoms with Crippen LogP contribution in [0.3, 0.4) is 0 Å². The molecule has 9 aromatic rings. The average Bonchev–Trinajstić information content (AvgIpc) is 3.55. The number of rotatable bonds is 2. The van der Waals surface area contributed by atoms with E-state index in [1.807, 2.05) is 30.3 Å². The molecule has 0 aliphatic carbocycles. The van der Waals surface area contributed by atoms with Crippen molar-refractivity contribution in [1.82, 2.24) is 9.13 Å². The first-order chi connectivity index (χ1) is 20.7. The molecule has 0 fully saturated rings. The van der Waals surface area contributed by atoms with Gasteiger partial charge in [-0.2, -0.15) is 0 Å². The summed E-state index contributed by atoms with van der Waals surface area (Å²) in [7, 11) is 0. The molecule has 0 aliphatic heterocycles. The zero-order chi connectivity index (χ0) is 27.9. The lowest BCUT2D eigenvalue weighted by Crippen LogP contribution is -2.05. The summed E-state index contributed by atoms with van der Waals surface area (Å²) < 4.78 is 11.1. The van der Waals surface area contributed by atoms with Crippen LogP contribution in [0.5, 0.6) is 0 Å². The Morgan fingerprint density at radius 1 is 0.524 bits per heavy atom. The molecule has 0 bridgehead atoms. The van der Waals surface area contributed by atoms with Gasteiger partial charge in [-0.05, 0) is 61.5 Å². The maximum Gasteiger partial charge on any atom is 0.200 e. The van der Waals surface area contributed by atoms with Crippen LogP contribution in [-0.4, -0.2) is 9.13 Å². The van der Waals surface area contributed by atoms with Gasteiger partial charge in [0, 0.05) is 32.8 Å². The van der Waals surface area contributed by atoms with Gasteiger partial charge in [-0.15, -0.1) is 0 Å². The van der Waals surface area contributed by atoms with E-state index in [4.69, 9.17) is 4.42 Å². The number of aromatic nitrogens is 2.